The van der Waals surface area contributed by atoms with Crippen LogP contribution in [0.15, 0.2) is 36.5 Å². The van der Waals surface area contributed by atoms with Crippen LogP contribution in [0.4, 0.5) is 0 Å². The van der Waals surface area contributed by atoms with Crippen molar-refractivity contribution < 1.29 is 5.11 Å². The maximum atomic E-state index is 10.5. The highest BCUT2D eigenvalue weighted by atomic mass is 32.2. The third-order valence-corrected chi connectivity index (χ3v) is 5.61. The van der Waals surface area contributed by atoms with Gasteiger partial charge >= 0.3 is 0 Å². The zero-order valence-electron chi connectivity index (χ0n) is 14.7. The van der Waals surface area contributed by atoms with E-state index < -0.39 is 5.60 Å². The van der Waals surface area contributed by atoms with E-state index in [0.29, 0.717) is 6.54 Å². The molecule has 2 heterocycles. The van der Waals surface area contributed by atoms with Crippen molar-refractivity contribution >= 4 is 11.8 Å². The van der Waals surface area contributed by atoms with Crippen LogP contribution in [0.5, 0.6) is 0 Å². The second-order valence-electron chi connectivity index (χ2n) is 7.66. The van der Waals surface area contributed by atoms with Gasteiger partial charge in [-0.25, -0.2) is 4.68 Å². The van der Waals surface area contributed by atoms with Crippen LogP contribution in [0.1, 0.15) is 38.4 Å². The zero-order valence-corrected chi connectivity index (χ0v) is 15.6. The van der Waals surface area contributed by atoms with E-state index in [0.717, 1.165) is 35.9 Å². The minimum absolute atomic E-state index is 0.0167. The molecule has 5 heteroatoms. The first-order valence-electron chi connectivity index (χ1n) is 8.53. The molecule has 0 aliphatic carbocycles. The van der Waals surface area contributed by atoms with Gasteiger partial charge in [0.2, 0.25) is 0 Å². The molecule has 3 rings (SSSR count). The molecule has 4 nitrogen and oxygen atoms in total. The Morgan fingerprint density at radius 3 is 2.67 bits per heavy atom. The fourth-order valence-corrected chi connectivity index (χ4v) is 4.34. The molecule has 2 N–H and O–H groups in total. The molecule has 2 aromatic rings. The van der Waals surface area contributed by atoms with Crippen LogP contribution in [0, 0.1) is 0 Å². The third-order valence-electron chi connectivity index (χ3n) is 4.37. The fourth-order valence-electron chi connectivity index (χ4n) is 3.05. The van der Waals surface area contributed by atoms with Crippen molar-refractivity contribution in [1.29, 1.82) is 0 Å². The molecule has 0 spiro atoms. The molecule has 1 atom stereocenters. The third kappa shape index (κ3) is 4.02. The smallest absolute Gasteiger partial charge is 0.0869 e. The predicted octanol–water partition coefficient (Wildman–Crippen LogP) is 3.13. The van der Waals surface area contributed by atoms with Crippen LogP contribution < -0.4 is 5.32 Å². The van der Waals surface area contributed by atoms with Crippen molar-refractivity contribution in [3.05, 3.63) is 47.8 Å². The number of hydrogen-bond acceptors (Lipinski definition) is 4. The average Bonchev–Trinajstić information content (AvgIpc) is 3.15. The van der Waals surface area contributed by atoms with E-state index in [2.05, 4.69) is 44.4 Å². The van der Waals surface area contributed by atoms with Crippen molar-refractivity contribution in [2.75, 3.05) is 18.1 Å². The molecule has 1 saturated heterocycles. The summed E-state index contributed by atoms with van der Waals surface area (Å²) in [5.41, 5.74) is 2.80. The van der Waals surface area contributed by atoms with E-state index in [1.54, 1.807) is 0 Å². The van der Waals surface area contributed by atoms with Crippen LogP contribution >= 0.6 is 11.8 Å². The lowest BCUT2D eigenvalue weighted by atomic mass is 9.89. The molecule has 0 radical (unpaired) electrons. The van der Waals surface area contributed by atoms with E-state index in [1.807, 2.05) is 34.6 Å². The lowest BCUT2D eigenvalue weighted by Gasteiger charge is -2.22. The van der Waals surface area contributed by atoms with Crippen LogP contribution in [-0.2, 0) is 12.0 Å². The molecule has 1 aromatic carbocycles. The summed E-state index contributed by atoms with van der Waals surface area (Å²) in [5, 5.41) is 18.8. The van der Waals surface area contributed by atoms with Crippen molar-refractivity contribution in [3.8, 4) is 5.69 Å². The molecule has 130 valence electrons. The van der Waals surface area contributed by atoms with Crippen LogP contribution in [0.2, 0.25) is 0 Å². The number of nitrogens with zero attached hydrogens (tertiary/aromatic N) is 2. The normalized spacial score (nSPS) is 21.3. The average molecular weight is 346 g/mol. The highest BCUT2D eigenvalue weighted by molar-refractivity contribution is 7.99. The minimum Gasteiger partial charge on any atom is -0.388 e. The first-order valence-corrected chi connectivity index (χ1v) is 9.68. The number of hydrogen-bond donors (Lipinski definition) is 2. The summed E-state index contributed by atoms with van der Waals surface area (Å²) in [6, 6.07) is 10.2. The second kappa shape index (κ2) is 6.90. The summed E-state index contributed by atoms with van der Waals surface area (Å²) < 4.78 is 1.96. The van der Waals surface area contributed by atoms with Crippen LogP contribution in [-0.4, -0.2) is 38.5 Å². The molecule has 1 unspecified atom stereocenters. The molecular formula is C19H27N3OS. The van der Waals surface area contributed by atoms with Gasteiger partial charge in [0.1, 0.15) is 0 Å². The van der Waals surface area contributed by atoms with Gasteiger partial charge in [-0.2, -0.15) is 16.9 Å². The fraction of sp³-hybridized carbons (Fsp3) is 0.526. The second-order valence-corrected chi connectivity index (χ2v) is 8.77. The molecule has 1 aliphatic heterocycles. The number of thioether (sulfide) groups is 1. The number of benzene rings is 1. The topological polar surface area (TPSA) is 50.1 Å². The first kappa shape index (κ1) is 17.5. The molecule has 0 bridgehead atoms. The van der Waals surface area contributed by atoms with Crippen LogP contribution in [0.3, 0.4) is 0 Å². The van der Waals surface area contributed by atoms with Crippen molar-refractivity contribution in [1.82, 2.24) is 15.1 Å². The van der Waals surface area contributed by atoms with Gasteiger partial charge in [-0.05, 0) is 24.3 Å². The molecule has 0 saturated carbocycles. The molecule has 1 aromatic heterocycles. The highest BCUT2D eigenvalue weighted by Crippen LogP contribution is 2.28. The van der Waals surface area contributed by atoms with Crippen molar-refractivity contribution in [3.63, 3.8) is 0 Å². The number of nitrogens with one attached hydrogen (secondary N) is 1. The summed E-state index contributed by atoms with van der Waals surface area (Å²) in [5.74, 6) is 1.88. The van der Waals surface area contributed by atoms with Gasteiger partial charge in [-0.1, -0.05) is 39.0 Å². The molecule has 1 fully saturated rings. The van der Waals surface area contributed by atoms with E-state index >= 15 is 0 Å². The Hall–Kier alpha value is -1.30. The maximum Gasteiger partial charge on any atom is 0.0869 e. The molecule has 1 aliphatic rings. The zero-order chi connectivity index (χ0) is 17.2. The van der Waals surface area contributed by atoms with E-state index in [1.165, 1.54) is 5.56 Å². The van der Waals surface area contributed by atoms with Gasteiger partial charge in [0.25, 0.3) is 0 Å². The van der Waals surface area contributed by atoms with Gasteiger partial charge in [0, 0.05) is 36.0 Å². The summed E-state index contributed by atoms with van der Waals surface area (Å²) in [6.45, 7) is 7.94. The van der Waals surface area contributed by atoms with Gasteiger partial charge in [-0.15, -0.1) is 0 Å². The molecular weight excluding hydrogens is 318 g/mol. The minimum atomic E-state index is -0.554. The number of aliphatic hydroxyl groups is 1. The Balaban J connectivity index is 1.77. The monoisotopic (exact) mass is 345 g/mol. The number of para-hydroxylation sites is 1. The SMILES string of the molecule is CC(C)(C)c1nn(-c2ccccc2)cc1CNCC1(O)CCSC1. The molecule has 24 heavy (non-hydrogen) atoms. The Bertz CT molecular complexity index is 670. The lowest BCUT2D eigenvalue weighted by molar-refractivity contribution is 0.0674. The predicted molar refractivity (Wildman–Crippen MR) is 101 cm³/mol. The lowest BCUT2D eigenvalue weighted by Crippen LogP contribution is -2.40. The molecule has 0 amide bonds. The van der Waals surface area contributed by atoms with Gasteiger partial charge in [-0.3, -0.25) is 0 Å². The van der Waals surface area contributed by atoms with E-state index in [9.17, 15) is 5.11 Å². The largest absolute Gasteiger partial charge is 0.388 e. The van der Waals surface area contributed by atoms with Gasteiger partial charge in [0.15, 0.2) is 0 Å². The quantitative estimate of drug-likeness (QED) is 0.874. The summed E-state index contributed by atoms with van der Waals surface area (Å²) in [7, 11) is 0. The Kier molecular flexibility index (Phi) is 5.04. The Morgan fingerprint density at radius 1 is 1.29 bits per heavy atom. The summed E-state index contributed by atoms with van der Waals surface area (Å²) in [6.07, 6.45) is 2.98. The van der Waals surface area contributed by atoms with Crippen molar-refractivity contribution in [2.24, 2.45) is 0 Å². The maximum absolute atomic E-state index is 10.5. The Morgan fingerprint density at radius 2 is 2.04 bits per heavy atom. The van der Waals surface area contributed by atoms with Gasteiger partial charge < -0.3 is 10.4 Å². The van der Waals surface area contributed by atoms with Gasteiger partial charge in [0.05, 0.1) is 17.0 Å². The standard InChI is InChI=1S/C19H27N3OS/c1-18(2,3)17-15(11-20-13-19(23)9-10-24-14-19)12-22(21-17)16-7-5-4-6-8-16/h4-8,12,20,23H,9-11,13-14H2,1-3H3. The van der Waals surface area contributed by atoms with Crippen LogP contribution in [0.25, 0.3) is 5.69 Å². The number of rotatable bonds is 5. The van der Waals surface area contributed by atoms with E-state index in [-0.39, 0.29) is 5.41 Å². The summed E-state index contributed by atoms with van der Waals surface area (Å²) >= 11 is 1.83. The highest BCUT2D eigenvalue weighted by Gasteiger charge is 2.31. The van der Waals surface area contributed by atoms with E-state index in [4.69, 9.17) is 5.10 Å². The summed E-state index contributed by atoms with van der Waals surface area (Å²) in [4.78, 5) is 0. The first-order chi connectivity index (χ1) is 11.4. The number of aromatic nitrogens is 2. The Labute approximate surface area is 148 Å². The van der Waals surface area contributed by atoms with Crippen molar-refractivity contribution in [2.45, 2.75) is 44.8 Å².